The molecule has 1 aromatic carbocycles. The number of carbonyl (C=O) groups is 1. The Morgan fingerprint density at radius 2 is 2.00 bits per heavy atom. The maximum Gasteiger partial charge on any atom is 0.262 e. The average Bonchev–Trinajstić information content (AvgIpc) is 2.65. The Kier molecular flexibility index (Phi) is 6.83. The van der Waals surface area contributed by atoms with Crippen molar-refractivity contribution in [3.63, 3.8) is 0 Å². The van der Waals surface area contributed by atoms with Crippen LogP contribution in [0.15, 0.2) is 29.8 Å². The molecule has 1 aromatic rings. The molecule has 1 heterocycles. The van der Waals surface area contributed by atoms with Crippen LogP contribution in [0.4, 0.5) is 5.69 Å². The maximum atomic E-state index is 12.0. The molecule has 0 spiro atoms. The molecule has 0 radical (unpaired) electrons. The zero-order valence-electron chi connectivity index (χ0n) is 14.2. The van der Waals surface area contributed by atoms with Gasteiger partial charge in [-0.05, 0) is 49.5 Å². The molecule has 1 atom stereocenters. The minimum absolute atomic E-state index is 0.0454. The number of anilines is 1. The topological polar surface area (TPSA) is 76.4 Å². The lowest BCUT2D eigenvalue weighted by molar-refractivity contribution is -0.117. The first-order valence-corrected chi connectivity index (χ1v) is 8.57. The third-order valence-electron chi connectivity index (χ3n) is 4.26. The standard InChI is InChI=1S/C19H25N3O2/c1-2-18(23)14-21-19(24)16(13-20)12-15-6-8-17(9-7-15)22-10-4-3-5-11-22/h6-9,12,18,23H,2-5,10-11,14H2,1H3,(H,21,24)/b16-12+. The Hall–Kier alpha value is -2.32. The number of nitriles is 1. The number of nitrogens with one attached hydrogen (secondary N) is 1. The van der Waals surface area contributed by atoms with Crippen molar-refractivity contribution in [2.24, 2.45) is 0 Å². The van der Waals surface area contributed by atoms with Gasteiger partial charge < -0.3 is 15.3 Å². The van der Waals surface area contributed by atoms with Gasteiger partial charge >= 0.3 is 0 Å². The number of rotatable bonds is 6. The van der Waals surface area contributed by atoms with Gasteiger partial charge in [0.1, 0.15) is 11.6 Å². The van der Waals surface area contributed by atoms with Gasteiger partial charge in [-0.15, -0.1) is 0 Å². The van der Waals surface area contributed by atoms with E-state index in [0.717, 1.165) is 18.7 Å². The minimum atomic E-state index is -0.585. The lowest BCUT2D eigenvalue weighted by atomic mass is 10.1. The van der Waals surface area contributed by atoms with Crippen LogP contribution in [0.2, 0.25) is 0 Å². The van der Waals surface area contributed by atoms with Crippen molar-refractivity contribution in [1.29, 1.82) is 5.26 Å². The number of aliphatic hydroxyl groups excluding tert-OH is 1. The van der Waals surface area contributed by atoms with Crippen LogP contribution in [0.5, 0.6) is 0 Å². The van der Waals surface area contributed by atoms with Gasteiger partial charge in [-0.2, -0.15) is 5.26 Å². The number of benzene rings is 1. The molecule has 1 aliphatic heterocycles. The van der Waals surface area contributed by atoms with Crippen molar-refractivity contribution in [2.75, 3.05) is 24.5 Å². The highest BCUT2D eigenvalue weighted by atomic mass is 16.3. The molecule has 0 saturated carbocycles. The van der Waals surface area contributed by atoms with Gasteiger partial charge in [-0.25, -0.2) is 0 Å². The van der Waals surface area contributed by atoms with Crippen LogP contribution < -0.4 is 10.2 Å². The summed E-state index contributed by atoms with van der Waals surface area (Å²) in [5, 5.41) is 21.3. The molecule has 5 nitrogen and oxygen atoms in total. The summed E-state index contributed by atoms with van der Waals surface area (Å²) in [5.74, 6) is -0.454. The van der Waals surface area contributed by atoms with Crippen molar-refractivity contribution in [3.8, 4) is 6.07 Å². The van der Waals surface area contributed by atoms with Crippen molar-refractivity contribution in [1.82, 2.24) is 5.32 Å². The van der Waals surface area contributed by atoms with E-state index in [9.17, 15) is 15.2 Å². The van der Waals surface area contributed by atoms with Crippen LogP contribution in [0, 0.1) is 11.3 Å². The monoisotopic (exact) mass is 327 g/mol. The fourth-order valence-corrected chi connectivity index (χ4v) is 2.70. The SMILES string of the molecule is CCC(O)CNC(=O)/C(C#N)=C/c1ccc(N2CCCCC2)cc1. The van der Waals surface area contributed by atoms with E-state index in [-0.39, 0.29) is 12.1 Å². The molecule has 1 amide bonds. The average molecular weight is 327 g/mol. The molecule has 0 aliphatic carbocycles. The van der Waals surface area contributed by atoms with Gasteiger partial charge in [-0.1, -0.05) is 19.1 Å². The van der Waals surface area contributed by atoms with E-state index in [1.165, 1.54) is 24.9 Å². The zero-order chi connectivity index (χ0) is 17.4. The maximum absolute atomic E-state index is 12.0. The van der Waals surface area contributed by atoms with Gasteiger partial charge in [0.2, 0.25) is 0 Å². The number of amides is 1. The number of piperidine rings is 1. The molecule has 1 unspecified atom stereocenters. The van der Waals surface area contributed by atoms with Crippen molar-refractivity contribution < 1.29 is 9.90 Å². The molecule has 0 aromatic heterocycles. The molecule has 24 heavy (non-hydrogen) atoms. The van der Waals surface area contributed by atoms with E-state index in [4.69, 9.17) is 0 Å². The molecular formula is C19H25N3O2. The number of hydrogen-bond acceptors (Lipinski definition) is 4. The summed E-state index contributed by atoms with van der Waals surface area (Å²) in [6.45, 7) is 4.16. The van der Waals surface area contributed by atoms with Crippen molar-refractivity contribution in [2.45, 2.75) is 38.7 Å². The van der Waals surface area contributed by atoms with E-state index in [0.29, 0.717) is 6.42 Å². The van der Waals surface area contributed by atoms with E-state index >= 15 is 0 Å². The minimum Gasteiger partial charge on any atom is -0.391 e. The van der Waals surface area contributed by atoms with E-state index in [1.54, 1.807) is 6.08 Å². The zero-order valence-corrected chi connectivity index (χ0v) is 14.2. The normalized spacial score (nSPS) is 16.4. The predicted molar refractivity (Wildman–Crippen MR) is 95.4 cm³/mol. The molecule has 1 saturated heterocycles. The Bertz CT molecular complexity index is 610. The second kappa shape index (κ2) is 9.09. The molecule has 1 fully saturated rings. The Morgan fingerprint density at radius 3 is 2.58 bits per heavy atom. The van der Waals surface area contributed by atoms with E-state index in [1.807, 2.05) is 37.3 Å². The number of nitrogens with zero attached hydrogens (tertiary/aromatic N) is 2. The fraction of sp³-hybridized carbons (Fsp3) is 0.474. The van der Waals surface area contributed by atoms with Gasteiger partial charge in [-0.3, -0.25) is 4.79 Å². The number of carbonyl (C=O) groups excluding carboxylic acids is 1. The van der Waals surface area contributed by atoms with Crippen molar-refractivity contribution in [3.05, 3.63) is 35.4 Å². The lowest BCUT2D eigenvalue weighted by Gasteiger charge is -2.28. The molecule has 2 N–H and O–H groups in total. The summed E-state index contributed by atoms with van der Waals surface area (Å²) in [4.78, 5) is 14.4. The number of hydrogen-bond donors (Lipinski definition) is 2. The predicted octanol–water partition coefficient (Wildman–Crippen LogP) is 2.47. The molecule has 128 valence electrons. The summed E-state index contributed by atoms with van der Waals surface area (Å²) in [6.07, 6.45) is 5.30. The highest BCUT2D eigenvalue weighted by Crippen LogP contribution is 2.21. The molecule has 5 heteroatoms. The lowest BCUT2D eigenvalue weighted by Crippen LogP contribution is -2.32. The second-order valence-electron chi connectivity index (χ2n) is 6.08. The third-order valence-corrected chi connectivity index (χ3v) is 4.26. The van der Waals surface area contributed by atoms with Gasteiger partial charge in [0, 0.05) is 25.3 Å². The Morgan fingerprint density at radius 1 is 1.33 bits per heavy atom. The van der Waals surface area contributed by atoms with Crippen LogP contribution in [-0.2, 0) is 4.79 Å². The van der Waals surface area contributed by atoms with Crippen LogP contribution in [0.1, 0.15) is 38.2 Å². The van der Waals surface area contributed by atoms with Gasteiger partial charge in [0.15, 0.2) is 0 Å². The highest BCUT2D eigenvalue weighted by molar-refractivity contribution is 6.01. The van der Waals surface area contributed by atoms with Gasteiger partial charge in [0.05, 0.1) is 6.10 Å². The molecule has 0 bridgehead atoms. The number of aliphatic hydroxyl groups is 1. The van der Waals surface area contributed by atoms with Crippen molar-refractivity contribution >= 4 is 17.7 Å². The molecule has 2 rings (SSSR count). The van der Waals surface area contributed by atoms with Crippen LogP contribution >= 0.6 is 0 Å². The quantitative estimate of drug-likeness (QED) is 0.621. The fourth-order valence-electron chi connectivity index (χ4n) is 2.70. The first kappa shape index (κ1) is 18.0. The summed E-state index contributed by atoms with van der Waals surface area (Å²) in [5.41, 5.74) is 2.04. The Balaban J connectivity index is 2.02. The summed E-state index contributed by atoms with van der Waals surface area (Å²) < 4.78 is 0. The Labute approximate surface area is 143 Å². The summed E-state index contributed by atoms with van der Waals surface area (Å²) >= 11 is 0. The van der Waals surface area contributed by atoms with Crippen LogP contribution in [0.25, 0.3) is 6.08 Å². The molecular weight excluding hydrogens is 302 g/mol. The summed E-state index contributed by atoms with van der Waals surface area (Å²) in [6, 6.07) is 9.84. The molecule has 1 aliphatic rings. The first-order chi connectivity index (χ1) is 11.6. The van der Waals surface area contributed by atoms with Crippen LogP contribution in [0.3, 0.4) is 0 Å². The third kappa shape index (κ3) is 5.10. The highest BCUT2D eigenvalue weighted by Gasteiger charge is 2.12. The second-order valence-corrected chi connectivity index (χ2v) is 6.08. The van der Waals surface area contributed by atoms with E-state index < -0.39 is 12.0 Å². The largest absolute Gasteiger partial charge is 0.391 e. The van der Waals surface area contributed by atoms with Gasteiger partial charge in [0.25, 0.3) is 5.91 Å². The summed E-state index contributed by atoms with van der Waals surface area (Å²) in [7, 11) is 0. The first-order valence-electron chi connectivity index (χ1n) is 8.57. The van der Waals surface area contributed by atoms with E-state index in [2.05, 4.69) is 10.2 Å². The smallest absolute Gasteiger partial charge is 0.262 e. The van der Waals surface area contributed by atoms with Crippen LogP contribution in [-0.4, -0.2) is 36.8 Å².